The molecule has 1 N–H and O–H groups in total. The van der Waals surface area contributed by atoms with Crippen LogP contribution < -0.4 is 0 Å². The molecule has 0 radical (unpaired) electrons. The molecular formula is C13H17NO. The molecule has 0 unspecified atom stereocenters. The van der Waals surface area contributed by atoms with Crippen molar-refractivity contribution in [2.75, 3.05) is 0 Å². The van der Waals surface area contributed by atoms with E-state index in [2.05, 4.69) is 31.6 Å². The highest BCUT2D eigenvalue weighted by atomic mass is 16.3. The van der Waals surface area contributed by atoms with Gasteiger partial charge in [0, 0.05) is 11.6 Å². The smallest absolute Gasteiger partial charge is 0.117 e. The maximum atomic E-state index is 9.35. The van der Waals surface area contributed by atoms with E-state index in [1.54, 1.807) is 12.1 Å². The number of hydrogen-bond acceptors (Lipinski definition) is 2. The summed E-state index contributed by atoms with van der Waals surface area (Å²) in [7, 11) is 0. The SMILES string of the molecule is C=Nc1cc(O)ccc1/C(=C\C)C(C)C. The van der Waals surface area contributed by atoms with Gasteiger partial charge in [-0.2, -0.15) is 0 Å². The van der Waals surface area contributed by atoms with Gasteiger partial charge in [-0.25, -0.2) is 0 Å². The van der Waals surface area contributed by atoms with Gasteiger partial charge in [0.05, 0.1) is 5.69 Å². The van der Waals surface area contributed by atoms with E-state index in [-0.39, 0.29) is 5.75 Å². The number of allylic oxidation sites excluding steroid dienone is 2. The third-order valence-corrected chi connectivity index (χ3v) is 2.40. The largest absolute Gasteiger partial charge is 0.508 e. The van der Waals surface area contributed by atoms with Crippen LogP contribution in [0.1, 0.15) is 26.3 Å². The Morgan fingerprint density at radius 2 is 2.13 bits per heavy atom. The normalized spacial score (nSPS) is 11.9. The first-order valence-electron chi connectivity index (χ1n) is 5.06. The molecule has 2 heteroatoms. The van der Waals surface area contributed by atoms with Crippen LogP contribution in [0.5, 0.6) is 5.75 Å². The van der Waals surface area contributed by atoms with Crippen molar-refractivity contribution in [3.63, 3.8) is 0 Å². The quantitative estimate of drug-likeness (QED) is 0.745. The van der Waals surface area contributed by atoms with Gasteiger partial charge in [0.2, 0.25) is 0 Å². The topological polar surface area (TPSA) is 32.6 Å². The maximum Gasteiger partial charge on any atom is 0.117 e. The second kappa shape index (κ2) is 4.78. The molecule has 0 aliphatic rings. The molecule has 0 atom stereocenters. The van der Waals surface area contributed by atoms with Crippen molar-refractivity contribution in [2.24, 2.45) is 10.9 Å². The molecule has 1 aromatic carbocycles. The Bertz CT molecular complexity index is 392. The summed E-state index contributed by atoms with van der Waals surface area (Å²) in [6.07, 6.45) is 2.08. The second-order valence-corrected chi connectivity index (χ2v) is 3.76. The molecule has 80 valence electrons. The molecule has 0 fully saturated rings. The van der Waals surface area contributed by atoms with E-state index in [0.717, 1.165) is 11.3 Å². The molecule has 0 amide bonds. The van der Waals surface area contributed by atoms with Crippen LogP contribution in [-0.4, -0.2) is 11.8 Å². The maximum absolute atomic E-state index is 9.35. The molecule has 15 heavy (non-hydrogen) atoms. The molecule has 0 aromatic heterocycles. The molecule has 0 aliphatic heterocycles. The lowest BCUT2D eigenvalue weighted by Crippen LogP contribution is -1.93. The molecule has 1 rings (SSSR count). The average Bonchev–Trinajstić information content (AvgIpc) is 2.20. The number of phenolic OH excluding ortho intramolecular Hbond substituents is 1. The first-order valence-corrected chi connectivity index (χ1v) is 5.06. The van der Waals surface area contributed by atoms with Crippen LogP contribution in [0, 0.1) is 5.92 Å². The van der Waals surface area contributed by atoms with E-state index in [4.69, 9.17) is 0 Å². The van der Waals surface area contributed by atoms with E-state index >= 15 is 0 Å². The Morgan fingerprint density at radius 3 is 2.60 bits per heavy atom. The molecule has 0 saturated heterocycles. The summed E-state index contributed by atoms with van der Waals surface area (Å²) in [4.78, 5) is 3.93. The molecule has 0 spiro atoms. The van der Waals surface area contributed by atoms with E-state index in [1.165, 1.54) is 5.57 Å². The molecule has 1 aromatic rings. The second-order valence-electron chi connectivity index (χ2n) is 3.76. The first-order chi connectivity index (χ1) is 7.10. The Kier molecular flexibility index (Phi) is 3.67. The van der Waals surface area contributed by atoms with Gasteiger partial charge in [-0.1, -0.05) is 19.9 Å². The highest BCUT2D eigenvalue weighted by Crippen LogP contribution is 2.33. The Hall–Kier alpha value is -1.57. The highest BCUT2D eigenvalue weighted by Gasteiger charge is 2.10. The van der Waals surface area contributed by atoms with Gasteiger partial charge in [-0.3, -0.25) is 4.99 Å². The monoisotopic (exact) mass is 203 g/mol. The fraction of sp³-hybridized carbons (Fsp3) is 0.308. The van der Waals surface area contributed by atoms with Crippen LogP contribution in [0.25, 0.3) is 5.57 Å². The van der Waals surface area contributed by atoms with Gasteiger partial charge in [0.25, 0.3) is 0 Å². The lowest BCUT2D eigenvalue weighted by Gasteiger charge is -2.13. The van der Waals surface area contributed by atoms with Crippen LogP contribution >= 0.6 is 0 Å². The molecule has 0 aliphatic carbocycles. The van der Waals surface area contributed by atoms with Crippen molar-refractivity contribution in [3.8, 4) is 5.75 Å². The average molecular weight is 203 g/mol. The van der Waals surface area contributed by atoms with Crippen molar-refractivity contribution < 1.29 is 5.11 Å². The predicted molar refractivity (Wildman–Crippen MR) is 65.8 cm³/mol. The summed E-state index contributed by atoms with van der Waals surface area (Å²) in [6, 6.07) is 5.19. The Morgan fingerprint density at radius 1 is 1.47 bits per heavy atom. The van der Waals surface area contributed by atoms with E-state index in [9.17, 15) is 5.11 Å². The molecule has 0 saturated carbocycles. The van der Waals surface area contributed by atoms with Gasteiger partial charge >= 0.3 is 0 Å². The third-order valence-electron chi connectivity index (χ3n) is 2.40. The summed E-state index contributed by atoms with van der Waals surface area (Å²) in [6.45, 7) is 9.80. The summed E-state index contributed by atoms with van der Waals surface area (Å²) < 4.78 is 0. The zero-order valence-electron chi connectivity index (χ0n) is 9.49. The Balaban J connectivity index is 3.30. The van der Waals surface area contributed by atoms with Gasteiger partial charge in [0.1, 0.15) is 5.75 Å². The molecular weight excluding hydrogens is 186 g/mol. The number of aromatic hydroxyl groups is 1. The summed E-state index contributed by atoms with van der Waals surface area (Å²) in [5, 5.41) is 9.35. The van der Waals surface area contributed by atoms with Gasteiger partial charge < -0.3 is 5.11 Å². The zero-order chi connectivity index (χ0) is 11.4. The fourth-order valence-electron chi connectivity index (χ4n) is 1.69. The molecule has 2 nitrogen and oxygen atoms in total. The molecule has 0 heterocycles. The van der Waals surface area contributed by atoms with E-state index < -0.39 is 0 Å². The van der Waals surface area contributed by atoms with Gasteiger partial charge in [0.15, 0.2) is 0 Å². The number of rotatable bonds is 3. The van der Waals surface area contributed by atoms with Crippen LogP contribution in [0.3, 0.4) is 0 Å². The number of benzene rings is 1. The van der Waals surface area contributed by atoms with Crippen molar-refractivity contribution >= 4 is 18.0 Å². The highest BCUT2D eigenvalue weighted by molar-refractivity contribution is 5.77. The number of aliphatic imine (C=N–C) groups is 1. The minimum absolute atomic E-state index is 0.223. The van der Waals surface area contributed by atoms with Gasteiger partial charge in [-0.05, 0) is 37.3 Å². The van der Waals surface area contributed by atoms with E-state index in [0.29, 0.717) is 5.92 Å². The molecule has 0 bridgehead atoms. The van der Waals surface area contributed by atoms with Gasteiger partial charge in [-0.15, -0.1) is 0 Å². The number of phenols is 1. The Labute approximate surface area is 91.0 Å². The van der Waals surface area contributed by atoms with Crippen molar-refractivity contribution in [2.45, 2.75) is 20.8 Å². The van der Waals surface area contributed by atoms with Crippen LogP contribution in [-0.2, 0) is 0 Å². The minimum atomic E-state index is 0.223. The van der Waals surface area contributed by atoms with Crippen molar-refractivity contribution in [1.82, 2.24) is 0 Å². The van der Waals surface area contributed by atoms with Crippen molar-refractivity contribution in [3.05, 3.63) is 29.8 Å². The first kappa shape index (κ1) is 11.5. The van der Waals surface area contributed by atoms with Crippen LogP contribution in [0.4, 0.5) is 5.69 Å². The van der Waals surface area contributed by atoms with E-state index in [1.807, 2.05) is 13.0 Å². The van der Waals surface area contributed by atoms with Crippen molar-refractivity contribution in [1.29, 1.82) is 0 Å². The lowest BCUT2D eigenvalue weighted by atomic mass is 9.94. The van der Waals surface area contributed by atoms with Crippen LogP contribution in [0.15, 0.2) is 29.3 Å². The number of hydrogen-bond donors (Lipinski definition) is 1. The summed E-state index contributed by atoms with van der Waals surface area (Å²) in [5.74, 6) is 0.653. The van der Waals surface area contributed by atoms with Crippen LogP contribution in [0.2, 0.25) is 0 Å². The zero-order valence-corrected chi connectivity index (χ0v) is 9.49. The standard InChI is InChI=1S/C13H17NO/c1-5-11(9(2)3)12-7-6-10(15)8-13(12)14-4/h5-9,15H,4H2,1-3H3/b11-5-. The third kappa shape index (κ3) is 2.46. The fourth-order valence-corrected chi connectivity index (χ4v) is 1.69. The summed E-state index contributed by atoms with van der Waals surface area (Å²) in [5.41, 5.74) is 2.99. The lowest BCUT2D eigenvalue weighted by molar-refractivity contribution is 0.475. The predicted octanol–water partition coefficient (Wildman–Crippen LogP) is 3.78. The summed E-state index contributed by atoms with van der Waals surface area (Å²) >= 11 is 0. The number of nitrogens with zero attached hydrogens (tertiary/aromatic N) is 1. The minimum Gasteiger partial charge on any atom is -0.508 e.